The van der Waals surface area contributed by atoms with Crippen LogP contribution in [0.3, 0.4) is 0 Å². The molecule has 0 spiro atoms. The first-order valence-electron chi connectivity index (χ1n) is 10.4. The van der Waals surface area contributed by atoms with Crippen molar-refractivity contribution in [2.75, 3.05) is 69.7 Å². The first kappa shape index (κ1) is 20.5. The molecule has 5 rings (SSSR count). The first-order valence-corrected chi connectivity index (χ1v) is 12.8. The van der Waals surface area contributed by atoms with Crippen LogP contribution in [0, 0.1) is 0 Å². The third-order valence-corrected chi connectivity index (χ3v) is 8.14. The highest BCUT2D eigenvalue weighted by Crippen LogP contribution is 2.43. The number of anilines is 1. The highest BCUT2D eigenvalue weighted by Gasteiger charge is 2.36. The van der Waals surface area contributed by atoms with E-state index in [1.807, 2.05) is 12.1 Å². The van der Waals surface area contributed by atoms with Gasteiger partial charge in [0.15, 0.2) is 5.82 Å². The lowest BCUT2D eigenvalue weighted by Crippen LogP contribution is -2.60. The van der Waals surface area contributed by atoms with Crippen LogP contribution in [0.25, 0.3) is 11.0 Å². The maximum atomic E-state index is 11.8. The monoisotopic (exact) mass is 452 g/mol. The standard InChI is InChI=1S/C19H26ClN6O3P/c20-19-22-16-2-1-14(21-17(16)18(23-19)26-3-7-29-8-4-26)11-24-12-15(13-24)25-5-9-30(27,28)10-6-25/h1-2,15H,3-13H2,(H,27,28). The van der Waals surface area contributed by atoms with Crippen LogP contribution in [0.15, 0.2) is 12.1 Å². The zero-order valence-electron chi connectivity index (χ0n) is 16.8. The maximum absolute atomic E-state index is 11.8. The number of fused-ring (bicyclic) bond motifs is 1. The summed E-state index contributed by atoms with van der Waals surface area (Å²) >= 11 is 6.15. The number of hydrogen-bond acceptors (Lipinski definition) is 8. The van der Waals surface area contributed by atoms with Gasteiger partial charge in [-0.1, -0.05) is 0 Å². The van der Waals surface area contributed by atoms with Gasteiger partial charge in [-0.3, -0.25) is 14.4 Å². The summed E-state index contributed by atoms with van der Waals surface area (Å²) in [6.45, 7) is 7.00. The van der Waals surface area contributed by atoms with Gasteiger partial charge in [-0.2, -0.15) is 4.98 Å². The number of aromatic nitrogens is 3. The van der Waals surface area contributed by atoms with Crippen molar-refractivity contribution in [3.8, 4) is 0 Å². The summed E-state index contributed by atoms with van der Waals surface area (Å²) in [5.41, 5.74) is 2.52. The number of pyridine rings is 1. The molecule has 3 fully saturated rings. The van der Waals surface area contributed by atoms with Crippen LogP contribution >= 0.6 is 19.0 Å². The Morgan fingerprint density at radius 3 is 2.57 bits per heavy atom. The van der Waals surface area contributed by atoms with Gasteiger partial charge in [0.05, 0.1) is 24.4 Å². The molecule has 0 aliphatic carbocycles. The van der Waals surface area contributed by atoms with E-state index in [-0.39, 0.29) is 5.28 Å². The van der Waals surface area contributed by atoms with Crippen molar-refractivity contribution in [2.24, 2.45) is 0 Å². The minimum absolute atomic E-state index is 0.234. The smallest absolute Gasteiger partial charge is 0.225 e. The Bertz CT molecular complexity index is 970. The minimum atomic E-state index is -2.86. The molecule has 0 radical (unpaired) electrons. The fourth-order valence-corrected chi connectivity index (χ4v) is 5.92. The molecule has 3 aliphatic rings. The van der Waals surface area contributed by atoms with Crippen LogP contribution in [0.2, 0.25) is 5.28 Å². The Kier molecular flexibility index (Phi) is 5.68. The largest absolute Gasteiger partial charge is 0.378 e. The summed E-state index contributed by atoms with van der Waals surface area (Å²) in [6, 6.07) is 4.44. The van der Waals surface area contributed by atoms with E-state index in [1.165, 1.54) is 0 Å². The third-order valence-electron chi connectivity index (χ3n) is 6.18. The molecule has 30 heavy (non-hydrogen) atoms. The molecular weight excluding hydrogens is 427 g/mol. The molecule has 11 heteroatoms. The molecule has 9 nitrogen and oxygen atoms in total. The SMILES string of the molecule is O=P1(O)CCN(C2CN(Cc3ccc4nc(Cl)nc(N5CCOCC5)c4n3)C2)CC1. The summed E-state index contributed by atoms with van der Waals surface area (Å²) in [7, 11) is -2.86. The van der Waals surface area contributed by atoms with Gasteiger partial charge in [-0.15, -0.1) is 0 Å². The van der Waals surface area contributed by atoms with Crippen LogP contribution in [0.1, 0.15) is 5.69 Å². The van der Waals surface area contributed by atoms with E-state index in [0.29, 0.717) is 31.6 Å². The number of ether oxygens (including phenoxy) is 1. The lowest BCUT2D eigenvalue weighted by atomic mass is 10.1. The average Bonchev–Trinajstić information content (AvgIpc) is 2.71. The van der Waals surface area contributed by atoms with Gasteiger partial charge in [-0.05, 0) is 23.7 Å². The van der Waals surface area contributed by atoms with E-state index in [9.17, 15) is 9.46 Å². The van der Waals surface area contributed by atoms with E-state index in [4.69, 9.17) is 21.3 Å². The predicted octanol–water partition coefficient (Wildman–Crippen LogP) is 1.28. The third kappa shape index (κ3) is 4.33. The highest BCUT2D eigenvalue weighted by molar-refractivity contribution is 7.58. The molecule has 0 bridgehead atoms. The van der Waals surface area contributed by atoms with Gasteiger partial charge in [-0.25, -0.2) is 9.97 Å². The second kappa shape index (κ2) is 8.30. The van der Waals surface area contributed by atoms with Gasteiger partial charge in [0.2, 0.25) is 12.7 Å². The molecule has 5 heterocycles. The Hall–Kier alpha value is -1.35. The minimum Gasteiger partial charge on any atom is -0.378 e. The molecule has 0 saturated carbocycles. The summed E-state index contributed by atoms with van der Waals surface area (Å²) in [5.74, 6) is 0.776. The van der Waals surface area contributed by atoms with Crippen molar-refractivity contribution < 1.29 is 14.2 Å². The molecule has 0 aromatic carbocycles. The quantitative estimate of drug-likeness (QED) is 0.543. The normalized spacial score (nSPS) is 23.6. The predicted molar refractivity (Wildman–Crippen MR) is 116 cm³/mol. The van der Waals surface area contributed by atoms with Crippen molar-refractivity contribution in [3.63, 3.8) is 0 Å². The highest BCUT2D eigenvalue weighted by atomic mass is 35.5. The van der Waals surface area contributed by atoms with E-state index in [1.54, 1.807) is 0 Å². The number of rotatable bonds is 4. The second-order valence-electron chi connectivity index (χ2n) is 8.26. The molecule has 1 N–H and O–H groups in total. The van der Waals surface area contributed by atoms with Crippen molar-refractivity contribution in [1.29, 1.82) is 0 Å². The maximum Gasteiger partial charge on any atom is 0.225 e. The Morgan fingerprint density at radius 2 is 1.83 bits per heavy atom. The molecule has 162 valence electrons. The molecule has 2 aromatic heterocycles. The number of nitrogens with zero attached hydrogens (tertiary/aromatic N) is 6. The van der Waals surface area contributed by atoms with E-state index < -0.39 is 7.37 Å². The van der Waals surface area contributed by atoms with Gasteiger partial charge >= 0.3 is 0 Å². The summed E-state index contributed by atoms with van der Waals surface area (Å²) < 4.78 is 17.2. The summed E-state index contributed by atoms with van der Waals surface area (Å²) in [4.78, 5) is 30.3. The van der Waals surface area contributed by atoms with Crippen LogP contribution < -0.4 is 4.90 Å². The lowest BCUT2D eigenvalue weighted by Gasteiger charge is -2.47. The Morgan fingerprint density at radius 1 is 1.10 bits per heavy atom. The number of morpholine rings is 1. The van der Waals surface area contributed by atoms with E-state index in [2.05, 4.69) is 24.7 Å². The molecule has 3 aliphatic heterocycles. The number of likely N-dealkylation sites (tertiary alicyclic amines) is 1. The van der Waals surface area contributed by atoms with Crippen molar-refractivity contribution in [2.45, 2.75) is 12.6 Å². The molecule has 0 unspecified atom stereocenters. The van der Waals surface area contributed by atoms with Crippen LogP contribution in [0.5, 0.6) is 0 Å². The first-order chi connectivity index (χ1) is 14.5. The van der Waals surface area contributed by atoms with Crippen molar-refractivity contribution >= 4 is 35.8 Å². The Balaban J connectivity index is 1.27. The second-order valence-corrected chi connectivity index (χ2v) is 11.2. The fourth-order valence-electron chi connectivity index (χ4n) is 4.39. The molecule has 0 atom stereocenters. The van der Waals surface area contributed by atoms with Crippen molar-refractivity contribution in [3.05, 3.63) is 23.1 Å². The zero-order valence-corrected chi connectivity index (χ0v) is 18.4. The van der Waals surface area contributed by atoms with Gasteiger partial charge in [0, 0.05) is 64.2 Å². The van der Waals surface area contributed by atoms with Crippen LogP contribution in [0.4, 0.5) is 5.82 Å². The number of hydrogen-bond donors (Lipinski definition) is 1. The Labute approximate surface area is 180 Å². The molecular formula is C19H26ClN6O3P. The summed E-state index contributed by atoms with van der Waals surface area (Å²) in [6.07, 6.45) is 0.839. The zero-order chi connectivity index (χ0) is 20.7. The van der Waals surface area contributed by atoms with E-state index >= 15 is 0 Å². The van der Waals surface area contributed by atoms with E-state index in [0.717, 1.165) is 68.4 Å². The van der Waals surface area contributed by atoms with Crippen LogP contribution in [-0.4, -0.2) is 100 Å². The fraction of sp³-hybridized carbons (Fsp3) is 0.632. The molecule has 2 aromatic rings. The average molecular weight is 453 g/mol. The summed E-state index contributed by atoms with van der Waals surface area (Å²) in [5, 5.41) is 0.234. The molecule has 0 amide bonds. The number of halogens is 1. The van der Waals surface area contributed by atoms with Crippen molar-refractivity contribution in [1.82, 2.24) is 24.8 Å². The van der Waals surface area contributed by atoms with Gasteiger partial charge in [0.1, 0.15) is 5.52 Å². The molecule has 3 saturated heterocycles. The van der Waals surface area contributed by atoms with Gasteiger partial charge < -0.3 is 14.5 Å². The van der Waals surface area contributed by atoms with Crippen LogP contribution in [-0.2, 0) is 15.8 Å². The lowest BCUT2D eigenvalue weighted by molar-refractivity contribution is 0.0317. The topological polar surface area (TPSA) is 94.9 Å². The van der Waals surface area contributed by atoms with Gasteiger partial charge in [0.25, 0.3) is 0 Å².